The van der Waals surface area contributed by atoms with Gasteiger partial charge in [0.25, 0.3) is 0 Å². The Kier molecular flexibility index (Phi) is 3.47. The van der Waals surface area contributed by atoms with Crippen LogP contribution < -0.4 is 5.73 Å². The zero-order valence-electron chi connectivity index (χ0n) is 11.4. The summed E-state index contributed by atoms with van der Waals surface area (Å²) in [6.07, 6.45) is 0. The number of hydrogen-bond donors (Lipinski definition) is 1. The van der Waals surface area contributed by atoms with Crippen LogP contribution in [0.3, 0.4) is 0 Å². The van der Waals surface area contributed by atoms with Crippen molar-refractivity contribution in [2.75, 3.05) is 5.73 Å². The number of fused-ring (bicyclic) bond motifs is 1. The molecule has 0 aliphatic rings. The zero-order valence-corrected chi connectivity index (χ0v) is 13.0. The SMILES string of the molecule is Cc1ccc2cc(C(=O)c3ccc(N)c(Br)c3)ccc2n1. The monoisotopic (exact) mass is 340 g/mol. The number of hydrogen-bond acceptors (Lipinski definition) is 3. The number of carbonyl (C=O) groups excluding carboxylic acids is 1. The van der Waals surface area contributed by atoms with Crippen molar-refractivity contribution in [3.63, 3.8) is 0 Å². The summed E-state index contributed by atoms with van der Waals surface area (Å²) >= 11 is 3.35. The minimum Gasteiger partial charge on any atom is -0.398 e. The molecule has 0 saturated heterocycles. The molecule has 4 heteroatoms. The first-order valence-electron chi connectivity index (χ1n) is 6.52. The van der Waals surface area contributed by atoms with Crippen LogP contribution in [0.2, 0.25) is 0 Å². The molecule has 3 nitrogen and oxygen atoms in total. The van der Waals surface area contributed by atoms with E-state index in [0.717, 1.165) is 21.1 Å². The Morgan fingerprint density at radius 3 is 2.52 bits per heavy atom. The van der Waals surface area contributed by atoms with E-state index < -0.39 is 0 Å². The molecule has 0 fully saturated rings. The summed E-state index contributed by atoms with van der Waals surface area (Å²) in [5, 5.41) is 0.959. The van der Waals surface area contributed by atoms with Crippen molar-refractivity contribution >= 4 is 38.3 Å². The van der Waals surface area contributed by atoms with Crippen molar-refractivity contribution in [2.45, 2.75) is 6.92 Å². The summed E-state index contributed by atoms with van der Waals surface area (Å²) in [6, 6.07) is 14.7. The van der Waals surface area contributed by atoms with E-state index in [9.17, 15) is 4.79 Å². The number of benzene rings is 2. The van der Waals surface area contributed by atoms with E-state index in [1.165, 1.54) is 0 Å². The standard InChI is InChI=1S/C17H13BrN2O/c1-10-2-3-11-8-12(5-7-16(11)20-10)17(21)13-4-6-15(19)14(18)9-13/h2-9H,19H2,1H3. The molecule has 0 saturated carbocycles. The lowest BCUT2D eigenvalue weighted by molar-refractivity contribution is 0.103. The van der Waals surface area contributed by atoms with Gasteiger partial charge in [-0.05, 0) is 65.3 Å². The van der Waals surface area contributed by atoms with Crippen LogP contribution in [-0.2, 0) is 0 Å². The Hall–Kier alpha value is -2.20. The van der Waals surface area contributed by atoms with E-state index in [2.05, 4.69) is 20.9 Å². The fraction of sp³-hybridized carbons (Fsp3) is 0.0588. The maximum atomic E-state index is 12.5. The van der Waals surface area contributed by atoms with Crippen LogP contribution in [0.4, 0.5) is 5.69 Å². The number of halogens is 1. The lowest BCUT2D eigenvalue weighted by Gasteiger charge is -2.05. The molecule has 21 heavy (non-hydrogen) atoms. The number of anilines is 1. The number of rotatable bonds is 2. The summed E-state index contributed by atoms with van der Waals surface area (Å²) < 4.78 is 0.728. The largest absolute Gasteiger partial charge is 0.398 e. The van der Waals surface area contributed by atoms with Crippen molar-refractivity contribution in [1.82, 2.24) is 4.98 Å². The second-order valence-corrected chi connectivity index (χ2v) is 5.78. The molecule has 1 heterocycles. The van der Waals surface area contributed by atoms with Crippen LogP contribution in [0.15, 0.2) is 53.0 Å². The second-order valence-electron chi connectivity index (χ2n) is 4.93. The van der Waals surface area contributed by atoms with Crippen molar-refractivity contribution in [3.05, 3.63) is 69.8 Å². The maximum absolute atomic E-state index is 12.5. The van der Waals surface area contributed by atoms with E-state index in [4.69, 9.17) is 5.73 Å². The van der Waals surface area contributed by atoms with E-state index in [1.807, 2.05) is 31.2 Å². The van der Waals surface area contributed by atoms with Gasteiger partial charge >= 0.3 is 0 Å². The molecule has 0 aliphatic carbocycles. The lowest BCUT2D eigenvalue weighted by atomic mass is 10.0. The number of carbonyl (C=O) groups is 1. The lowest BCUT2D eigenvalue weighted by Crippen LogP contribution is -2.02. The van der Waals surface area contributed by atoms with Crippen molar-refractivity contribution in [3.8, 4) is 0 Å². The Labute approximate surface area is 130 Å². The summed E-state index contributed by atoms with van der Waals surface area (Å²) in [6.45, 7) is 1.95. The van der Waals surface area contributed by atoms with Crippen LogP contribution in [0.1, 0.15) is 21.6 Å². The fourth-order valence-electron chi connectivity index (χ4n) is 2.20. The quantitative estimate of drug-likeness (QED) is 0.563. The topological polar surface area (TPSA) is 56.0 Å². The average molecular weight is 341 g/mol. The normalized spacial score (nSPS) is 10.8. The maximum Gasteiger partial charge on any atom is 0.193 e. The summed E-state index contributed by atoms with van der Waals surface area (Å²) in [7, 11) is 0. The van der Waals surface area contributed by atoms with E-state index in [1.54, 1.807) is 24.3 Å². The van der Waals surface area contributed by atoms with Gasteiger partial charge in [-0.3, -0.25) is 9.78 Å². The molecule has 0 aliphatic heterocycles. The molecule has 1 aromatic heterocycles. The predicted octanol–water partition coefficient (Wildman–Crippen LogP) is 4.12. The van der Waals surface area contributed by atoms with Gasteiger partial charge in [-0.2, -0.15) is 0 Å². The van der Waals surface area contributed by atoms with E-state index >= 15 is 0 Å². The molecule has 0 bridgehead atoms. The minimum atomic E-state index is -0.0295. The van der Waals surface area contributed by atoms with Gasteiger partial charge in [0.1, 0.15) is 0 Å². The van der Waals surface area contributed by atoms with Gasteiger partial charge < -0.3 is 5.73 Å². The van der Waals surface area contributed by atoms with Gasteiger partial charge in [0.2, 0.25) is 0 Å². The Morgan fingerprint density at radius 1 is 1.05 bits per heavy atom. The average Bonchev–Trinajstić information content (AvgIpc) is 2.49. The first-order chi connectivity index (χ1) is 10.0. The van der Waals surface area contributed by atoms with Crippen molar-refractivity contribution in [1.29, 1.82) is 0 Å². The van der Waals surface area contributed by atoms with Gasteiger partial charge in [-0.15, -0.1) is 0 Å². The fourth-order valence-corrected chi connectivity index (χ4v) is 2.58. The molecular formula is C17H13BrN2O. The Bertz CT molecular complexity index is 859. The first-order valence-corrected chi connectivity index (χ1v) is 7.31. The van der Waals surface area contributed by atoms with E-state index in [0.29, 0.717) is 16.8 Å². The highest BCUT2D eigenvalue weighted by molar-refractivity contribution is 9.10. The predicted molar refractivity (Wildman–Crippen MR) is 88.5 cm³/mol. The van der Waals surface area contributed by atoms with Gasteiger partial charge in [0, 0.05) is 32.4 Å². The zero-order chi connectivity index (χ0) is 15.0. The number of aryl methyl sites for hydroxylation is 1. The van der Waals surface area contributed by atoms with Gasteiger partial charge in [-0.1, -0.05) is 6.07 Å². The molecule has 0 spiro atoms. The Balaban J connectivity index is 2.04. The molecule has 2 aromatic carbocycles. The van der Waals surface area contributed by atoms with E-state index in [-0.39, 0.29) is 5.78 Å². The number of nitrogens with two attached hydrogens (primary N) is 1. The van der Waals surface area contributed by atoms with Crippen LogP contribution in [-0.4, -0.2) is 10.8 Å². The molecule has 104 valence electrons. The molecule has 0 radical (unpaired) electrons. The van der Waals surface area contributed by atoms with Crippen LogP contribution in [0, 0.1) is 6.92 Å². The number of aromatic nitrogens is 1. The smallest absolute Gasteiger partial charge is 0.193 e. The highest BCUT2D eigenvalue weighted by Gasteiger charge is 2.11. The third-order valence-electron chi connectivity index (χ3n) is 3.35. The summed E-state index contributed by atoms with van der Waals surface area (Å²) in [5.74, 6) is -0.0295. The van der Waals surface area contributed by atoms with Crippen molar-refractivity contribution in [2.24, 2.45) is 0 Å². The van der Waals surface area contributed by atoms with Crippen molar-refractivity contribution < 1.29 is 4.79 Å². The van der Waals surface area contributed by atoms with Crippen LogP contribution >= 0.6 is 15.9 Å². The molecule has 0 unspecified atom stereocenters. The summed E-state index contributed by atoms with van der Waals surface area (Å²) in [5.41, 5.74) is 9.47. The molecular weight excluding hydrogens is 328 g/mol. The number of nitrogen functional groups attached to an aromatic ring is 1. The summed E-state index contributed by atoms with van der Waals surface area (Å²) in [4.78, 5) is 17.0. The van der Waals surface area contributed by atoms with Gasteiger partial charge in [0.05, 0.1) is 5.52 Å². The molecule has 0 amide bonds. The van der Waals surface area contributed by atoms with Crippen LogP contribution in [0.25, 0.3) is 10.9 Å². The molecule has 3 rings (SSSR count). The number of nitrogens with zero attached hydrogens (tertiary/aromatic N) is 1. The van der Waals surface area contributed by atoms with Gasteiger partial charge in [0.15, 0.2) is 5.78 Å². The van der Waals surface area contributed by atoms with Gasteiger partial charge in [-0.25, -0.2) is 0 Å². The highest BCUT2D eigenvalue weighted by Crippen LogP contribution is 2.23. The Morgan fingerprint density at radius 2 is 1.76 bits per heavy atom. The third-order valence-corrected chi connectivity index (χ3v) is 4.04. The van der Waals surface area contributed by atoms with Crippen LogP contribution in [0.5, 0.6) is 0 Å². The molecule has 3 aromatic rings. The second kappa shape index (κ2) is 5.30. The minimum absolute atomic E-state index is 0.0295. The number of pyridine rings is 1. The molecule has 0 atom stereocenters. The highest BCUT2D eigenvalue weighted by atomic mass is 79.9. The molecule has 2 N–H and O–H groups in total. The third kappa shape index (κ3) is 2.67. The number of ketones is 1. The first kappa shape index (κ1) is 13.8.